The molecule has 0 amide bonds. The minimum Gasteiger partial charge on any atom is -0.459 e. The molecule has 0 aliphatic carbocycles. The highest BCUT2D eigenvalue weighted by Gasteiger charge is 2.53. The summed E-state index contributed by atoms with van der Waals surface area (Å²) in [6, 6.07) is -1.26. The first-order chi connectivity index (χ1) is 21.6. The van der Waals surface area contributed by atoms with Crippen LogP contribution in [0.4, 0.5) is 0 Å². The fraction of sp³-hybridized carbons (Fsp3) is 0.667. The van der Waals surface area contributed by atoms with Gasteiger partial charge < -0.3 is 29.2 Å². The van der Waals surface area contributed by atoms with Crippen molar-refractivity contribution >= 4 is 11.9 Å². The van der Waals surface area contributed by atoms with Crippen LogP contribution < -0.4 is 0 Å². The lowest BCUT2D eigenvalue weighted by molar-refractivity contribution is -0.313. The van der Waals surface area contributed by atoms with E-state index in [0.717, 1.165) is 11.1 Å². The summed E-state index contributed by atoms with van der Waals surface area (Å²) in [5, 5.41) is 24.7. The molecule has 1 aliphatic heterocycles. The maximum absolute atomic E-state index is 12.5. The Morgan fingerprint density at radius 1 is 1.09 bits per heavy atom. The normalized spacial score (nSPS) is 25.3. The lowest BCUT2D eigenvalue weighted by Gasteiger charge is -2.46. The van der Waals surface area contributed by atoms with E-state index < -0.39 is 48.3 Å². The van der Waals surface area contributed by atoms with Crippen molar-refractivity contribution in [3.8, 4) is 0 Å². The number of allylic oxidation sites excluding steroid dienone is 5. The zero-order valence-corrected chi connectivity index (χ0v) is 29.4. The van der Waals surface area contributed by atoms with Crippen LogP contribution in [0.2, 0.25) is 0 Å². The SMILES string of the molecule is C/C=C\C(C)=C\CC(CC)OC(=O)/C(C)=C/C=C/CC(O)/C(C)=C/C(CC)C(C)OC1OC(C)(C)C(OC(=O)CC)C(N=O)C1O. The number of hydrogen-bond donors (Lipinski definition) is 2. The average Bonchev–Trinajstić information content (AvgIpc) is 3.01. The number of rotatable bonds is 18. The molecule has 10 nitrogen and oxygen atoms in total. The number of esters is 2. The minimum atomic E-state index is -1.44. The maximum atomic E-state index is 12.5. The zero-order chi connectivity index (χ0) is 35.0. The number of nitrogens with zero attached hydrogens (tertiary/aromatic N) is 1. The average molecular weight is 648 g/mol. The van der Waals surface area contributed by atoms with Crippen LogP contribution in [0.15, 0.2) is 64.4 Å². The van der Waals surface area contributed by atoms with Gasteiger partial charge in [0.1, 0.15) is 17.8 Å². The monoisotopic (exact) mass is 647 g/mol. The first-order valence-corrected chi connectivity index (χ1v) is 16.4. The van der Waals surface area contributed by atoms with Crippen LogP contribution in [0, 0.1) is 10.8 Å². The lowest BCUT2D eigenvalue weighted by Crippen LogP contribution is -2.63. The standard InChI is InChI=1S/C36H57NO9/c1-11-17-23(5)20-21-28(13-3)44-34(41)24(6)18-15-16-19-29(38)25(7)22-27(12-2)26(8)43-35-32(40)31(37-42)33(36(9,10)46-35)45-30(39)14-4/h11,15-18,20,22,26-29,31-33,35,38,40H,12-14,19,21H2,1-10H3/b16-15+,17-11-,23-20+,24-18+,25-22+. The van der Waals surface area contributed by atoms with Gasteiger partial charge in [0.15, 0.2) is 18.4 Å². The molecule has 10 heteroatoms. The van der Waals surface area contributed by atoms with Crippen molar-refractivity contribution in [2.24, 2.45) is 11.1 Å². The van der Waals surface area contributed by atoms with Gasteiger partial charge in [-0.25, -0.2) is 4.79 Å². The molecule has 260 valence electrons. The van der Waals surface area contributed by atoms with E-state index in [1.54, 1.807) is 45.9 Å². The van der Waals surface area contributed by atoms with Crippen LogP contribution in [0.3, 0.4) is 0 Å². The van der Waals surface area contributed by atoms with Crippen molar-refractivity contribution in [2.75, 3.05) is 0 Å². The van der Waals surface area contributed by atoms with Gasteiger partial charge in [0.25, 0.3) is 0 Å². The molecule has 0 aromatic rings. The van der Waals surface area contributed by atoms with Gasteiger partial charge in [-0.2, -0.15) is 4.91 Å². The predicted molar refractivity (Wildman–Crippen MR) is 180 cm³/mol. The van der Waals surface area contributed by atoms with Gasteiger partial charge in [-0.15, -0.1) is 0 Å². The molecule has 0 saturated carbocycles. The summed E-state index contributed by atoms with van der Waals surface area (Å²) in [4.78, 5) is 36.2. The second-order valence-electron chi connectivity index (χ2n) is 12.4. The van der Waals surface area contributed by atoms with E-state index >= 15 is 0 Å². The minimum absolute atomic E-state index is 0.108. The maximum Gasteiger partial charge on any atom is 0.333 e. The van der Waals surface area contributed by atoms with E-state index in [1.165, 1.54) is 0 Å². The molecule has 0 aromatic heterocycles. The fourth-order valence-corrected chi connectivity index (χ4v) is 5.06. The van der Waals surface area contributed by atoms with Crippen molar-refractivity contribution in [1.29, 1.82) is 0 Å². The largest absolute Gasteiger partial charge is 0.459 e. The summed E-state index contributed by atoms with van der Waals surface area (Å²) in [6.07, 6.45) is 10.6. The lowest BCUT2D eigenvalue weighted by atomic mass is 9.88. The molecule has 46 heavy (non-hydrogen) atoms. The summed E-state index contributed by atoms with van der Waals surface area (Å²) in [5.41, 5.74) is 1.20. The molecule has 1 fully saturated rings. The van der Waals surface area contributed by atoms with E-state index in [-0.39, 0.29) is 24.4 Å². The van der Waals surface area contributed by atoms with Crippen molar-refractivity contribution in [3.05, 3.63) is 64.2 Å². The molecule has 1 heterocycles. The van der Waals surface area contributed by atoms with Gasteiger partial charge in [-0.05, 0) is 73.3 Å². The summed E-state index contributed by atoms with van der Waals surface area (Å²) in [6.45, 7) is 18.2. The Bertz CT molecular complexity index is 1140. The molecular formula is C36H57NO9. The van der Waals surface area contributed by atoms with Crippen LogP contribution in [-0.4, -0.2) is 70.6 Å². The summed E-state index contributed by atoms with van der Waals surface area (Å²) in [7, 11) is 0. The number of hydrogen-bond acceptors (Lipinski definition) is 10. The number of aliphatic hydroxyl groups is 2. The van der Waals surface area contributed by atoms with Crippen LogP contribution in [0.25, 0.3) is 0 Å². The van der Waals surface area contributed by atoms with Crippen LogP contribution >= 0.6 is 0 Å². The summed E-state index contributed by atoms with van der Waals surface area (Å²) in [5.74, 6) is -1.03. The highest BCUT2D eigenvalue weighted by atomic mass is 16.7. The van der Waals surface area contributed by atoms with Gasteiger partial charge in [-0.1, -0.05) is 74.1 Å². The number of carbonyl (C=O) groups is 2. The molecule has 8 atom stereocenters. The van der Waals surface area contributed by atoms with Gasteiger partial charge in [-0.3, -0.25) is 4.79 Å². The molecule has 1 saturated heterocycles. The smallest absolute Gasteiger partial charge is 0.333 e. The van der Waals surface area contributed by atoms with Gasteiger partial charge >= 0.3 is 11.9 Å². The number of nitroso groups, excluding NO2 is 1. The Morgan fingerprint density at radius 2 is 1.76 bits per heavy atom. The molecule has 0 spiro atoms. The molecule has 0 aromatic carbocycles. The highest BCUT2D eigenvalue weighted by Crippen LogP contribution is 2.35. The molecule has 8 unspecified atom stereocenters. The molecule has 0 bridgehead atoms. The van der Waals surface area contributed by atoms with Crippen molar-refractivity contribution in [1.82, 2.24) is 0 Å². The zero-order valence-electron chi connectivity index (χ0n) is 29.4. The quantitative estimate of drug-likeness (QED) is 0.0540. The van der Waals surface area contributed by atoms with E-state index in [0.29, 0.717) is 31.3 Å². The number of carbonyl (C=O) groups excluding carboxylic acids is 2. The number of aliphatic hydroxyl groups excluding tert-OH is 2. The second kappa shape index (κ2) is 20.3. The predicted octanol–water partition coefficient (Wildman–Crippen LogP) is 6.80. The number of ether oxygens (including phenoxy) is 4. The van der Waals surface area contributed by atoms with E-state index in [2.05, 4.69) is 11.3 Å². The molecule has 0 radical (unpaired) electrons. The van der Waals surface area contributed by atoms with Gasteiger partial charge in [0.05, 0.1) is 12.2 Å². The van der Waals surface area contributed by atoms with Crippen molar-refractivity contribution < 1.29 is 38.7 Å². The van der Waals surface area contributed by atoms with E-state index in [9.17, 15) is 24.7 Å². The van der Waals surface area contributed by atoms with E-state index in [4.69, 9.17) is 18.9 Å². The Balaban J connectivity index is 2.82. The van der Waals surface area contributed by atoms with Crippen LogP contribution in [0.5, 0.6) is 0 Å². The first-order valence-electron chi connectivity index (χ1n) is 16.4. The Labute approximate surface area is 275 Å². The van der Waals surface area contributed by atoms with Crippen molar-refractivity contribution in [3.63, 3.8) is 0 Å². The first kappa shape index (κ1) is 41.1. The topological polar surface area (TPSA) is 141 Å². The van der Waals surface area contributed by atoms with Gasteiger partial charge in [0.2, 0.25) is 0 Å². The Hall–Kier alpha value is -2.92. The highest BCUT2D eigenvalue weighted by molar-refractivity contribution is 5.88. The van der Waals surface area contributed by atoms with Crippen molar-refractivity contribution in [2.45, 2.75) is 150 Å². The van der Waals surface area contributed by atoms with Crippen LogP contribution in [0.1, 0.15) is 101 Å². The van der Waals surface area contributed by atoms with E-state index in [1.807, 2.05) is 59.8 Å². The molecule has 2 N–H and O–H groups in total. The fourth-order valence-electron chi connectivity index (χ4n) is 5.06. The molecule has 1 rings (SSSR count). The molecule has 1 aliphatic rings. The van der Waals surface area contributed by atoms with Crippen LogP contribution in [-0.2, 0) is 28.5 Å². The Kier molecular flexibility index (Phi) is 18.2. The third-order valence-electron chi connectivity index (χ3n) is 8.16. The second-order valence-corrected chi connectivity index (χ2v) is 12.4. The Morgan fingerprint density at radius 3 is 2.33 bits per heavy atom. The molecular weight excluding hydrogens is 590 g/mol. The summed E-state index contributed by atoms with van der Waals surface area (Å²) >= 11 is 0. The van der Waals surface area contributed by atoms with Gasteiger partial charge in [0, 0.05) is 24.3 Å². The third kappa shape index (κ3) is 13.1. The third-order valence-corrected chi connectivity index (χ3v) is 8.16. The summed E-state index contributed by atoms with van der Waals surface area (Å²) < 4.78 is 23.1.